The summed E-state index contributed by atoms with van der Waals surface area (Å²) in [5.41, 5.74) is 2.44. The van der Waals surface area contributed by atoms with Gasteiger partial charge in [0.2, 0.25) is 0 Å². The third kappa shape index (κ3) is 1.86. The van der Waals surface area contributed by atoms with Gasteiger partial charge in [0.1, 0.15) is 0 Å². The minimum Gasteiger partial charge on any atom is -0.367 e. The molecule has 0 aromatic carbocycles. The van der Waals surface area contributed by atoms with Crippen molar-refractivity contribution in [1.82, 2.24) is 19.9 Å². The van der Waals surface area contributed by atoms with Gasteiger partial charge in [-0.1, -0.05) is 6.07 Å². The average Bonchev–Trinajstić information content (AvgIpc) is 3.05. The molecule has 3 rings (SSSR count). The Bertz CT molecular complexity index is 669. The Morgan fingerprint density at radius 2 is 2.33 bits per heavy atom. The van der Waals surface area contributed by atoms with Crippen LogP contribution < -0.4 is 5.32 Å². The second-order valence-electron chi connectivity index (χ2n) is 3.99. The standard InChI is InChI=1S/C13H12N4O/c18-13(15-8-10-4-5-14-7-10)11-9-16-17-6-2-1-3-12(11)17/h1-7,9,14H,8H2,(H,15,18). The largest absolute Gasteiger partial charge is 0.367 e. The number of hydrogen-bond acceptors (Lipinski definition) is 2. The third-order valence-electron chi connectivity index (χ3n) is 2.79. The van der Waals surface area contributed by atoms with Gasteiger partial charge in [-0.25, -0.2) is 4.52 Å². The molecule has 0 fully saturated rings. The van der Waals surface area contributed by atoms with Crippen LogP contribution in [0.15, 0.2) is 49.1 Å². The topological polar surface area (TPSA) is 62.2 Å². The van der Waals surface area contributed by atoms with E-state index in [2.05, 4.69) is 15.4 Å². The van der Waals surface area contributed by atoms with Gasteiger partial charge in [-0.3, -0.25) is 4.79 Å². The molecule has 18 heavy (non-hydrogen) atoms. The number of aromatic nitrogens is 3. The van der Waals surface area contributed by atoms with Crippen molar-refractivity contribution in [2.24, 2.45) is 0 Å². The van der Waals surface area contributed by atoms with E-state index < -0.39 is 0 Å². The van der Waals surface area contributed by atoms with Crippen molar-refractivity contribution in [2.75, 3.05) is 0 Å². The van der Waals surface area contributed by atoms with Crippen LogP contribution in [0.1, 0.15) is 15.9 Å². The zero-order chi connectivity index (χ0) is 12.4. The SMILES string of the molecule is O=C(NCc1cc[nH]c1)c1cnn2ccccc12. The highest BCUT2D eigenvalue weighted by Crippen LogP contribution is 2.09. The molecule has 90 valence electrons. The number of amides is 1. The molecule has 0 bridgehead atoms. The Morgan fingerprint density at radius 3 is 3.17 bits per heavy atom. The smallest absolute Gasteiger partial charge is 0.255 e. The monoisotopic (exact) mass is 240 g/mol. The lowest BCUT2D eigenvalue weighted by molar-refractivity contribution is 0.0952. The second kappa shape index (κ2) is 4.37. The van der Waals surface area contributed by atoms with Gasteiger partial charge >= 0.3 is 0 Å². The van der Waals surface area contributed by atoms with Crippen molar-refractivity contribution in [3.63, 3.8) is 0 Å². The molecule has 5 nitrogen and oxygen atoms in total. The van der Waals surface area contributed by atoms with Crippen LogP contribution in [-0.4, -0.2) is 20.5 Å². The Morgan fingerprint density at radius 1 is 1.39 bits per heavy atom. The molecule has 0 radical (unpaired) electrons. The van der Waals surface area contributed by atoms with Crippen LogP contribution in [0, 0.1) is 0 Å². The molecule has 0 spiro atoms. The molecule has 0 unspecified atom stereocenters. The molecule has 0 aliphatic rings. The fourth-order valence-corrected chi connectivity index (χ4v) is 1.86. The molecular formula is C13H12N4O. The number of aromatic amines is 1. The summed E-state index contributed by atoms with van der Waals surface area (Å²) in [5.74, 6) is -0.114. The fourth-order valence-electron chi connectivity index (χ4n) is 1.86. The summed E-state index contributed by atoms with van der Waals surface area (Å²) >= 11 is 0. The van der Waals surface area contributed by atoms with E-state index >= 15 is 0 Å². The van der Waals surface area contributed by atoms with Gasteiger partial charge in [0.05, 0.1) is 17.3 Å². The maximum Gasteiger partial charge on any atom is 0.255 e. The van der Waals surface area contributed by atoms with Gasteiger partial charge in [0.15, 0.2) is 0 Å². The van der Waals surface area contributed by atoms with Crippen molar-refractivity contribution in [3.8, 4) is 0 Å². The highest BCUT2D eigenvalue weighted by molar-refractivity contribution is 6.00. The number of nitrogens with zero attached hydrogens (tertiary/aromatic N) is 2. The van der Waals surface area contributed by atoms with E-state index in [1.165, 1.54) is 0 Å². The summed E-state index contributed by atoms with van der Waals surface area (Å²) in [6, 6.07) is 7.57. The van der Waals surface area contributed by atoms with E-state index in [9.17, 15) is 4.79 Å². The first-order valence-corrected chi connectivity index (χ1v) is 5.67. The zero-order valence-electron chi connectivity index (χ0n) is 9.63. The molecule has 0 aliphatic heterocycles. The first kappa shape index (κ1) is 10.6. The van der Waals surface area contributed by atoms with Crippen LogP contribution in [0.3, 0.4) is 0 Å². The van der Waals surface area contributed by atoms with Crippen molar-refractivity contribution >= 4 is 11.4 Å². The molecule has 2 N–H and O–H groups in total. The molecule has 1 amide bonds. The third-order valence-corrected chi connectivity index (χ3v) is 2.79. The van der Waals surface area contributed by atoms with Gasteiger partial charge in [0, 0.05) is 25.1 Å². The van der Waals surface area contributed by atoms with Gasteiger partial charge in [0.25, 0.3) is 5.91 Å². The van der Waals surface area contributed by atoms with E-state index in [0.29, 0.717) is 12.1 Å². The Labute approximate surface area is 103 Å². The summed E-state index contributed by atoms with van der Waals surface area (Å²) in [7, 11) is 0. The van der Waals surface area contributed by atoms with Crippen molar-refractivity contribution < 1.29 is 4.79 Å². The predicted molar refractivity (Wildman–Crippen MR) is 67.2 cm³/mol. The van der Waals surface area contributed by atoms with Gasteiger partial charge in [-0.15, -0.1) is 0 Å². The highest BCUT2D eigenvalue weighted by Gasteiger charge is 2.11. The van der Waals surface area contributed by atoms with Crippen LogP contribution in [0.2, 0.25) is 0 Å². The van der Waals surface area contributed by atoms with Crippen molar-refractivity contribution in [3.05, 3.63) is 60.2 Å². The quantitative estimate of drug-likeness (QED) is 0.730. The number of rotatable bonds is 3. The minimum absolute atomic E-state index is 0.114. The van der Waals surface area contributed by atoms with Crippen molar-refractivity contribution in [1.29, 1.82) is 0 Å². The Kier molecular flexibility index (Phi) is 2.57. The summed E-state index contributed by atoms with van der Waals surface area (Å²) in [6.45, 7) is 0.506. The summed E-state index contributed by atoms with van der Waals surface area (Å²) < 4.78 is 1.69. The molecular weight excluding hydrogens is 228 g/mol. The molecule has 3 heterocycles. The number of pyridine rings is 1. The van der Waals surface area contributed by atoms with Gasteiger partial charge in [-0.05, 0) is 23.8 Å². The fraction of sp³-hybridized carbons (Fsp3) is 0.0769. The van der Waals surface area contributed by atoms with Crippen LogP contribution in [-0.2, 0) is 6.54 Å². The Balaban J connectivity index is 1.80. The maximum absolute atomic E-state index is 12.0. The summed E-state index contributed by atoms with van der Waals surface area (Å²) in [5, 5.41) is 7.00. The Hall–Kier alpha value is -2.56. The first-order valence-electron chi connectivity index (χ1n) is 5.67. The van der Waals surface area contributed by atoms with Crippen LogP contribution >= 0.6 is 0 Å². The number of carbonyl (C=O) groups excluding carboxylic acids is 1. The van der Waals surface area contributed by atoms with E-state index in [0.717, 1.165) is 11.1 Å². The van der Waals surface area contributed by atoms with E-state index in [-0.39, 0.29) is 5.91 Å². The molecule has 0 saturated heterocycles. The molecule has 0 atom stereocenters. The summed E-state index contributed by atoms with van der Waals surface area (Å²) in [4.78, 5) is 15.0. The lowest BCUT2D eigenvalue weighted by Gasteiger charge is -2.02. The predicted octanol–water partition coefficient (Wildman–Crippen LogP) is 1.59. The lowest BCUT2D eigenvalue weighted by atomic mass is 10.2. The highest BCUT2D eigenvalue weighted by atomic mass is 16.1. The van der Waals surface area contributed by atoms with Crippen molar-refractivity contribution in [2.45, 2.75) is 6.54 Å². The maximum atomic E-state index is 12.0. The van der Waals surface area contributed by atoms with Gasteiger partial charge in [-0.2, -0.15) is 5.10 Å². The molecule has 3 aromatic heterocycles. The number of H-pyrrole nitrogens is 1. The molecule has 0 aliphatic carbocycles. The van der Waals surface area contributed by atoms with Crippen LogP contribution in [0.25, 0.3) is 5.52 Å². The first-order chi connectivity index (χ1) is 8.84. The van der Waals surface area contributed by atoms with Gasteiger partial charge < -0.3 is 10.3 Å². The average molecular weight is 240 g/mol. The van der Waals surface area contributed by atoms with E-state index in [1.54, 1.807) is 10.7 Å². The lowest BCUT2D eigenvalue weighted by Crippen LogP contribution is -2.22. The molecule has 3 aromatic rings. The van der Waals surface area contributed by atoms with E-state index in [1.807, 2.05) is 42.9 Å². The van der Waals surface area contributed by atoms with Crippen LogP contribution in [0.5, 0.6) is 0 Å². The number of nitrogens with one attached hydrogen (secondary N) is 2. The zero-order valence-corrected chi connectivity index (χ0v) is 9.63. The number of hydrogen-bond donors (Lipinski definition) is 2. The summed E-state index contributed by atoms with van der Waals surface area (Å²) in [6.07, 6.45) is 7.09. The van der Waals surface area contributed by atoms with E-state index in [4.69, 9.17) is 0 Å². The molecule has 5 heteroatoms. The molecule has 0 saturated carbocycles. The number of fused-ring (bicyclic) bond motifs is 1. The normalized spacial score (nSPS) is 10.7. The number of carbonyl (C=O) groups is 1. The van der Waals surface area contributed by atoms with Crippen LogP contribution in [0.4, 0.5) is 0 Å². The second-order valence-corrected chi connectivity index (χ2v) is 3.99. The minimum atomic E-state index is -0.114.